The van der Waals surface area contributed by atoms with Crippen molar-refractivity contribution < 1.29 is 17.2 Å². The first-order chi connectivity index (χ1) is 7.60. The molecular weight excluding hydrogens is 248 g/mol. The van der Waals surface area contributed by atoms with Crippen molar-refractivity contribution in [3.05, 3.63) is 0 Å². The van der Waals surface area contributed by atoms with Crippen molar-refractivity contribution in [2.75, 3.05) is 18.1 Å². The first-order valence-electron chi connectivity index (χ1n) is 5.93. The van der Waals surface area contributed by atoms with Crippen LogP contribution in [0.1, 0.15) is 33.1 Å². The number of nitrogens with one attached hydrogen (secondary N) is 1. The van der Waals surface area contributed by atoms with Gasteiger partial charge in [0.1, 0.15) is 0 Å². The molecular formula is C11H19F2NO2S. The van der Waals surface area contributed by atoms with E-state index >= 15 is 0 Å². The summed E-state index contributed by atoms with van der Waals surface area (Å²) in [6.45, 7) is 4.25. The van der Waals surface area contributed by atoms with Crippen LogP contribution in [0.15, 0.2) is 0 Å². The van der Waals surface area contributed by atoms with E-state index in [0.29, 0.717) is 13.0 Å². The Kier molecular flexibility index (Phi) is 2.82. The third-order valence-corrected chi connectivity index (χ3v) is 6.14. The second-order valence-corrected chi connectivity index (χ2v) is 8.07. The molecule has 2 rings (SSSR count). The summed E-state index contributed by atoms with van der Waals surface area (Å²) in [5.41, 5.74) is -0.752. The summed E-state index contributed by atoms with van der Waals surface area (Å²) >= 11 is 0. The minimum absolute atomic E-state index is 0.0771. The van der Waals surface area contributed by atoms with Crippen LogP contribution in [0.5, 0.6) is 0 Å². The van der Waals surface area contributed by atoms with Crippen molar-refractivity contribution in [2.45, 2.75) is 44.6 Å². The smallest absolute Gasteiger partial charge is 0.249 e. The molecule has 0 aromatic heterocycles. The SMILES string of the molecule is CCC1(CNC2(C)CS(=O)(=O)C2)CC(F)(F)C1. The van der Waals surface area contributed by atoms with Crippen LogP contribution in [0.3, 0.4) is 0 Å². The zero-order valence-electron chi connectivity index (χ0n) is 10.2. The highest BCUT2D eigenvalue weighted by atomic mass is 32.2. The summed E-state index contributed by atoms with van der Waals surface area (Å²) in [5, 5.41) is 3.17. The van der Waals surface area contributed by atoms with Crippen LogP contribution in [0.4, 0.5) is 8.78 Å². The average molecular weight is 267 g/mol. The maximum Gasteiger partial charge on any atom is 0.249 e. The van der Waals surface area contributed by atoms with Crippen molar-refractivity contribution in [3.8, 4) is 0 Å². The van der Waals surface area contributed by atoms with E-state index in [1.807, 2.05) is 13.8 Å². The minimum Gasteiger partial charge on any atom is -0.309 e. The fourth-order valence-electron chi connectivity index (χ4n) is 2.98. The van der Waals surface area contributed by atoms with E-state index in [1.165, 1.54) is 0 Å². The number of alkyl halides is 2. The molecule has 2 fully saturated rings. The van der Waals surface area contributed by atoms with Gasteiger partial charge < -0.3 is 5.32 Å². The molecule has 17 heavy (non-hydrogen) atoms. The monoisotopic (exact) mass is 267 g/mol. The maximum absolute atomic E-state index is 12.9. The molecule has 1 aliphatic carbocycles. The molecule has 1 saturated carbocycles. The Bertz CT molecular complexity index is 399. The minimum atomic E-state index is -2.89. The highest BCUT2D eigenvalue weighted by molar-refractivity contribution is 7.93. The first kappa shape index (κ1) is 13.2. The summed E-state index contributed by atoms with van der Waals surface area (Å²) < 4.78 is 48.1. The summed E-state index contributed by atoms with van der Waals surface area (Å²) in [7, 11) is -2.89. The van der Waals surface area contributed by atoms with Gasteiger partial charge in [-0.05, 0) is 18.8 Å². The van der Waals surface area contributed by atoms with Gasteiger partial charge in [0.25, 0.3) is 0 Å². The van der Waals surface area contributed by atoms with Crippen molar-refractivity contribution in [1.82, 2.24) is 5.32 Å². The Balaban J connectivity index is 1.87. The predicted molar refractivity (Wildman–Crippen MR) is 62.0 cm³/mol. The van der Waals surface area contributed by atoms with Crippen molar-refractivity contribution >= 4 is 9.84 Å². The summed E-state index contributed by atoms with van der Waals surface area (Å²) in [6, 6.07) is 0. The molecule has 3 nitrogen and oxygen atoms in total. The van der Waals surface area contributed by atoms with Crippen LogP contribution >= 0.6 is 0 Å². The lowest BCUT2D eigenvalue weighted by molar-refractivity contribution is -0.162. The number of hydrogen-bond donors (Lipinski definition) is 1. The van der Waals surface area contributed by atoms with Gasteiger partial charge in [-0.1, -0.05) is 6.92 Å². The van der Waals surface area contributed by atoms with Crippen LogP contribution in [-0.2, 0) is 9.84 Å². The highest BCUT2D eigenvalue weighted by Crippen LogP contribution is 2.53. The molecule has 1 N–H and O–H groups in total. The van der Waals surface area contributed by atoms with Gasteiger partial charge in [-0.3, -0.25) is 0 Å². The molecule has 0 radical (unpaired) electrons. The van der Waals surface area contributed by atoms with E-state index < -0.39 is 21.3 Å². The first-order valence-corrected chi connectivity index (χ1v) is 7.75. The van der Waals surface area contributed by atoms with Crippen molar-refractivity contribution in [3.63, 3.8) is 0 Å². The molecule has 0 aromatic rings. The second kappa shape index (κ2) is 3.63. The van der Waals surface area contributed by atoms with E-state index in [9.17, 15) is 17.2 Å². The molecule has 0 bridgehead atoms. The molecule has 6 heteroatoms. The number of rotatable bonds is 4. The molecule has 1 saturated heterocycles. The normalized spacial score (nSPS) is 31.3. The van der Waals surface area contributed by atoms with Crippen LogP contribution in [0.25, 0.3) is 0 Å². The van der Waals surface area contributed by atoms with Crippen molar-refractivity contribution in [2.24, 2.45) is 5.41 Å². The van der Waals surface area contributed by atoms with Gasteiger partial charge in [0.05, 0.1) is 11.5 Å². The van der Waals surface area contributed by atoms with E-state index in [4.69, 9.17) is 0 Å². The molecule has 0 spiro atoms. The molecule has 1 heterocycles. The van der Waals surface area contributed by atoms with E-state index in [0.717, 1.165) is 0 Å². The van der Waals surface area contributed by atoms with Gasteiger partial charge in [0.2, 0.25) is 5.92 Å². The van der Waals surface area contributed by atoms with Gasteiger partial charge in [-0.15, -0.1) is 0 Å². The van der Waals surface area contributed by atoms with E-state index in [1.54, 1.807) is 0 Å². The Labute approximate surface area is 101 Å². The lowest BCUT2D eigenvalue weighted by Gasteiger charge is -2.50. The third-order valence-electron chi connectivity index (χ3n) is 3.98. The molecule has 0 aromatic carbocycles. The van der Waals surface area contributed by atoms with Gasteiger partial charge in [-0.2, -0.15) is 0 Å². The van der Waals surface area contributed by atoms with E-state index in [2.05, 4.69) is 5.32 Å². The van der Waals surface area contributed by atoms with Gasteiger partial charge in [0.15, 0.2) is 9.84 Å². The molecule has 100 valence electrons. The summed E-state index contributed by atoms with van der Waals surface area (Å²) in [6.07, 6.45) is 0.553. The fraction of sp³-hybridized carbons (Fsp3) is 1.00. The summed E-state index contributed by atoms with van der Waals surface area (Å²) in [4.78, 5) is 0. The Morgan fingerprint density at radius 3 is 2.12 bits per heavy atom. The predicted octanol–water partition coefficient (Wildman–Crippen LogP) is 1.59. The van der Waals surface area contributed by atoms with Crippen LogP contribution < -0.4 is 5.32 Å². The van der Waals surface area contributed by atoms with Gasteiger partial charge in [0, 0.05) is 24.9 Å². The second-order valence-electron chi connectivity index (χ2n) is 6.01. The van der Waals surface area contributed by atoms with E-state index in [-0.39, 0.29) is 29.8 Å². The Morgan fingerprint density at radius 2 is 1.76 bits per heavy atom. The average Bonchev–Trinajstić information content (AvgIpc) is 2.07. The Hall–Kier alpha value is -0.230. The third kappa shape index (κ3) is 2.62. The Morgan fingerprint density at radius 1 is 1.24 bits per heavy atom. The number of hydrogen-bond acceptors (Lipinski definition) is 3. The topological polar surface area (TPSA) is 46.2 Å². The zero-order valence-corrected chi connectivity index (χ0v) is 11.0. The lowest BCUT2D eigenvalue weighted by Crippen LogP contribution is -2.65. The zero-order chi connectivity index (χ0) is 12.9. The lowest BCUT2D eigenvalue weighted by atomic mass is 9.64. The molecule has 1 aliphatic heterocycles. The fourth-order valence-corrected chi connectivity index (χ4v) is 5.04. The number of halogens is 2. The van der Waals surface area contributed by atoms with Crippen molar-refractivity contribution in [1.29, 1.82) is 0 Å². The molecule has 0 amide bonds. The number of sulfone groups is 1. The quantitative estimate of drug-likeness (QED) is 0.841. The van der Waals surface area contributed by atoms with Crippen LogP contribution in [0.2, 0.25) is 0 Å². The molecule has 0 unspecified atom stereocenters. The van der Waals surface area contributed by atoms with Gasteiger partial charge in [-0.25, -0.2) is 17.2 Å². The standard InChI is InChI=1S/C11H19F2NO2S/c1-3-10(4-11(12,13)5-10)6-14-9(2)7-17(15,16)8-9/h14H,3-8H2,1-2H3. The summed E-state index contributed by atoms with van der Waals surface area (Å²) in [5.74, 6) is -2.28. The van der Waals surface area contributed by atoms with Crippen LogP contribution in [-0.4, -0.2) is 37.9 Å². The van der Waals surface area contributed by atoms with Crippen LogP contribution in [0, 0.1) is 5.41 Å². The van der Waals surface area contributed by atoms with Gasteiger partial charge >= 0.3 is 0 Å². The molecule has 2 aliphatic rings. The molecule has 0 atom stereocenters. The maximum atomic E-state index is 12.9. The highest BCUT2D eigenvalue weighted by Gasteiger charge is 2.56. The largest absolute Gasteiger partial charge is 0.309 e.